The van der Waals surface area contributed by atoms with Gasteiger partial charge in [0.2, 0.25) is 0 Å². The number of anilines is 1. The first-order chi connectivity index (χ1) is 8.64. The Morgan fingerprint density at radius 1 is 1.17 bits per heavy atom. The molecular weight excluding hydrogens is 224 g/mol. The lowest BCUT2D eigenvalue weighted by Crippen LogP contribution is -2.47. The molecule has 1 aromatic carbocycles. The van der Waals surface area contributed by atoms with Gasteiger partial charge in [-0.15, -0.1) is 0 Å². The van der Waals surface area contributed by atoms with Gasteiger partial charge >= 0.3 is 0 Å². The molecule has 1 amide bonds. The number of hydrogen-bond donors (Lipinski definition) is 2. The van der Waals surface area contributed by atoms with Gasteiger partial charge in [0.05, 0.1) is 5.56 Å². The summed E-state index contributed by atoms with van der Waals surface area (Å²) in [6.07, 6.45) is 5.88. The molecule has 2 N–H and O–H groups in total. The number of carbonyl (C=O) groups excluding carboxylic acids is 1. The molecule has 1 aromatic rings. The lowest BCUT2D eigenvalue weighted by Gasteiger charge is -2.34. The molecule has 1 fully saturated rings. The van der Waals surface area contributed by atoms with Crippen LogP contribution in [0.3, 0.4) is 0 Å². The third-order valence-corrected chi connectivity index (χ3v) is 3.81. The molecule has 0 saturated heterocycles. The van der Waals surface area contributed by atoms with Crippen LogP contribution in [0.2, 0.25) is 0 Å². The first kappa shape index (κ1) is 12.9. The van der Waals surface area contributed by atoms with Crippen LogP contribution in [0.1, 0.15) is 49.4 Å². The summed E-state index contributed by atoms with van der Waals surface area (Å²) in [5.41, 5.74) is 1.58. The van der Waals surface area contributed by atoms with Gasteiger partial charge < -0.3 is 10.6 Å². The third kappa shape index (κ3) is 2.84. The number of hydrogen-bond acceptors (Lipinski definition) is 2. The summed E-state index contributed by atoms with van der Waals surface area (Å²) in [6.45, 7) is 2.16. The van der Waals surface area contributed by atoms with Crippen LogP contribution >= 0.6 is 0 Å². The molecule has 0 aliphatic heterocycles. The highest BCUT2D eigenvalue weighted by molar-refractivity contribution is 5.99. The van der Waals surface area contributed by atoms with E-state index in [1.165, 1.54) is 19.3 Å². The van der Waals surface area contributed by atoms with Crippen molar-refractivity contribution in [2.24, 2.45) is 0 Å². The summed E-state index contributed by atoms with van der Waals surface area (Å²) < 4.78 is 0. The smallest absolute Gasteiger partial charge is 0.253 e. The van der Waals surface area contributed by atoms with E-state index in [0.29, 0.717) is 0 Å². The Labute approximate surface area is 109 Å². The molecule has 18 heavy (non-hydrogen) atoms. The Kier molecular flexibility index (Phi) is 3.90. The Bertz CT molecular complexity index is 422. The largest absolute Gasteiger partial charge is 0.387 e. The highest BCUT2D eigenvalue weighted by atomic mass is 16.1. The second-order valence-electron chi connectivity index (χ2n) is 5.37. The minimum absolute atomic E-state index is 0.0316. The first-order valence-corrected chi connectivity index (χ1v) is 6.74. The number of carbonyl (C=O) groups is 1. The predicted molar refractivity (Wildman–Crippen MR) is 74.9 cm³/mol. The van der Waals surface area contributed by atoms with Crippen molar-refractivity contribution in [1.82, 2.24) is 5.32 Å². The molecule has 0 bridgehead atoms. The molecule has 2 rings (SSSR count). The zero-order valence-electron chi connectivity index (χ0n) is 11.3. The van der Waals surface area contributed by atoms with Crippen LogP contribution < -0.4 is 10.6 Å². The zero-order valence-corrected chi connectivity index (χ0v) is 11.3. The quantitative estimate of drug-likeness (QED) is 0.860. The van der Waals surface area contributed by atoms with E-state index in [9.17, 15) is 4.79 Å². The van der Waals surface area contributed by atoms with Crippen molar-refractivity contribution in [1.29, 1.82) is 0 Å². The maximum Gasteiger partial charge on any atom is 0.253 e. The fourth-order valence-corrected chi connectivity index (χ4v) is 2.70. The van der Waals surface area contributed by atoms with Gasteiger partial charge in [-0.25, -0.2) is 0 Å². The molecule has 3 heteroatoms. The summed E-state index contributed by atoms with van der Waals surface area (Å²) in [5.74, 6) is 0.0318. The number of rotatable bonds is 3. The van der Waals surface area contributed by atoms with Crippen molar-refractivity contribution < 1.29 is 4.79 Å². The number of para-hydroxylation sites is 1. The number of amides is 1. The summed E-state index contributed by atoms with van der Waals surface area (Å²) >= 11 is 0. The van der Waals surface area contributed by atoms with E-state index in [-0.39, 0.29) is 11.4 Å². The van der Waals surface area contributed by atoms with Gasteiger partial charge in [0.1, 0.15) is 0 Å². The monoisotopic (exact) mass is 246 g/mol. The van der Waals surface area contributed by atoms with Gasteiger partial charge in [0.25, 0.3) is 5.91 Å². The van der Waals surface area contributed by atoms with E-state index in [4.69, 9.17) is 0 Å². The van der Waals surface area contributed by atoms with E-state index in [1.54, 1.807) is 0 Å². The van der Waals surface area contributed by atoms with Crippen molar-refractivity contribution in [2.75, 3.05) is 12.4 Å². The Morgan fingerprint density at radius 3 is 2.50 bits per heavy atom. The van der Waals surface area contributed by atoms with E-state index >= 15 is 0 Å². The van der Waals surface area contributed by atoms with E-state index in [2.05, 4.69) is 17.6 Å². The van der Waals surface area contributed by atoms with Crippen LogP contribution in [-0.2, 0) is 0 Å². The predicted octanol–water partition coefficient (Wildman–Crippen LogP) is 3.18. The zero-order chi connectivity index (χ0) is 13.0. The van der Waals surface area contributed by atoms with Crippen LogP contribution in [0, 0.1) is 0 Å². The second-order valence-corrected chi connectivity index (χ2v) is 5.37. The summed E-state index contributed by atoms with van der Waals surface area (Å²) in [5, 5.41) is 6.27. The Balaban J connectivity index is 2.11. The topological polar surface area (TPSA) is 41.1 Å². The lowest BCUT2D eigenvalue weighted by atomic mass is 9.83. The summed E-state index contributed by atoms with van der Waals surface area (Å²) in [4.78, 5) is 12.3. The molecular formula is C15H22N2O. The van der Waals surface area contributed by atoms with Crippen LogP contribution in [0.25, 0.3) is 0 Å². The molecule has 98 valence electrons. The van der Waals surface area contributed by atoms with E-state index in [0.717, 1.165) is 24.1 Å². The maximum atomic E-state index is 12.3. The number of benzene rings is 1. The molecule has 1 aliphatic rings. The molecule has 0 aromatic heterocycles. The average Bonchev–Trinajstić information content (AvgIpc) is 2.39. The van der Waals surface area contributed by atoms with Crippen molar-refractivity contribution in [3.05, 3.63) is 29.8 Å². The van der Waals surface area contributed by atoms with E-state index < -0.39 is 0 Å². The van der Waals surface area contributed by atoms with Crippen molar-refractivity contribution >= 4 is 11.6 Å². The first-order valence-electron chi connectivity index (χ1n) is 6.74. The lowest BCUT2D eigenvalue weighted by molar-refractivity contribution is 0.0883. The average molecular weight is 246 g/mol. The van der Waals surface area contributed by atoms with Gasteiger partial charge in [0.15, 0.2) is 0 Å². The fraction of sp³-hybridized carbons (Fsp3) is 0.533. The summed E-state index contributed by atoms with van der Waals surface area (Å²) in [6, 6.07) is 7.63. The molecule has 0 spiro atoms. The van der Waals surface area contributed by atoms with Crippen molar-refractivity contribution in [3.63, 3.8) is 0 Å². The Hall–Kier alpha value is -1.51. The van der Waals surface area contributed by atoms with Crippen LogP contribution in [0.5, 0.6) is 0 Å². The van der Waals surface area contributed by atoms with Gasteiger partial charge in [-0.1, -0.05) is 31.4 Å². The fourth-order valence-electron chi connectivity index (χ4n) is 2.70. The highest BCUT2D eigenvalue weighted by Crippen LogP contribution is 2.28. The van der Waals surface area contributed by atoms with E-state index in [1.807, 2.05) is 31.3 Å². The standard InChI is InChI=1S/C15H22N2O/c1-15(10-6-3-7-11-15)17-14(18)12-8-4-5-9-13(12)16-2/h4-5,8-9,16H,3,6-7,10-11H2,1-2H3,(H,17,18). The second kappa shape index (κ2) is 5.42. The molecule has 1 saturated carbocycles. The van der Waals surface area contributed by atoms with Gasteiger partial charge in [-0.05, 0) is 31.9 Å². The minimum atomic E-state index is -0.0316. The molecule has 0 unspecified atom stereocenters. The SMILES string of the molecule is CNc1ccccc1C(=O)NC1(C)CCCCC1. The van der Waals surface area contributed by atoms with Crippen LogP contribution in [0.4, 0.5) is 5.69 Å². The van der Waals surface area contributed by atoms with Crippen molar-refractivity contribution in [2.45, 2.75) is 44.6 Å². The molecule has 0 heterocycles. The maximum absolute atomic E-state index is 12.3. The molecule has 1 aliphatic carbocycles. The normalized spacial score (nSPS) is 18.1. The molecule has 0 atom stereocenters. The van der Waals surface area contributed by atoms with Gasteiger partial charge in [0, 0.05) is 18.3 Å². The third-order valence-electron chi connectivity index (χ3n) is 3.81. The van der Waals surface area contributed by atoms with Crippen LogP contribution in [-0.4, -0.2) is 18.5 Å². The highest BCUT2D eigenvalue weighted by Gasteiger charge is 2.29. The van der Waals surface area contributed by atoms with Gasteiger partial charge in [-0.3, -0.25) is 4.79 Å². The van der Waals surface area contributed by atoms with Gasteiger partial charge in [-0.2, -0.15) is 0 Å². The summed E-state index contributed by atoms with van der Waals surface area (Å²) in [7, 11) is 1.84. The van der Waals surface area contributed by atoms with Crippen molar-refractivity contribution in [3.8, 4) is 0 Å². The molecule has 3 nitrogen and oxygen atoms in total. The Morgan fingerprint density at radius 2 is 1.83 bits per heavy atom. The molecule has 0 radical (unpaired) electrons. The number of nitrogens with one attached hydrogen (secondary N) is 2. The minimum Gasteiger partial charge on any atom is -0.387 e. The van der Waals surface area contributed by atoms with Crippen LogP contribution in [0.15, 0.2) is 24.3 Å².